The summed E-state index contributed by atoms with van der Waals surface area (Å²) in [5.41, 5.74) is 3.89. The summed E-state index contributed by atoms with van der Waals surface area (Å²) in [6, 6.07) is 20.7. The molecule has 5 rings (SSSR count). The minimum absolute atomic E-state index is 0.176. The summed E-state index contributed by atoms with van der Waals surface area (Å²) in [5, 5.41) is 17.5. The highest BCUT2D eigenvalue weighted by Gasteiger charge is 2.38. The molecule has 0 unspecified atom stereocenters. The summed E-state index contributed by atoms with van der Waals surface area (Å²) in [4.78, 5) is 23.1. The van der Waals surface area contributed by atoms with Gasteiger partial charge in [0.15, 0.2) is 0 Å². The van der Waals surface area contributed by atoms with Crippen molar-refractivity contribution >= 4 is 28.3 Å². The van der Waals surface area contributed by atoms with E-state index in [1.807, 2.05) is 12.1 Å². The smallest absolute Gasteiger partial charge is 0.322 e. The van der Waals surface area contributed by atoms with Crippen molar-refractivity contribution in [3.05, 3.63) is 89.5 Å². The van der Waals surface area contributed by atoms with Crippen molar-refractivity contribution in [3.63, 3.8) is 0 Å². The second-order valence-electron chi connectivity index (χ2n) is 7.92. The van der Waals surface area contributed by atoms with Crippen LogP contribution in [0, 0.1) is 5.92 Å². The second-order valence-corrected chi connectivity index (χ2v) is 7.92. The molecular formula is C25H22N2O3. The van der Waals surface area contributed by atoms with Gasteiger partial charge in [-0.15, -0.1) is 0 Å². The molecule has 150 valence electrons. The number of carbonyl (C=O) groups is 2. The average molecular weight is 398 g/mol. The number of allylic oxidation sites excluding steroid dienone is 2. The van der Waals surface area contributed by atoms with Gasteiger partial charge < -0.3 is 15.7 Å². The van der Waals surface area contributed by atoms with E-state index in [4.69, 9.17) is 5.11 Å². The quantitative estimate of drug-likeness (QED) is 0.566. The van der Waals surface area contributed by atoms with E-state index in [1.54, 1.807) is 6.07 Å². The molecule has 1 heterocycles. The number of amides is 1. The first-order chi connectivity index (χ1) is 14.6. The molecule has 0 saturated carbocycles. The third kappa shape index (κ3) is 3.12. The average Bonchev–Trinajstić information content (AvgIpc) is 3.26. The van der Waals surface area contributed by atoms with Gasteiger partial charge in [0.25, 0.3) is 5.91 Å². The Balaban J connectivity index is 1.52. The van der Waals surface area contributed by atoms with Crippen LogP contribution >= 0.6 is 0 Å². The highest BCUT2D eigenvalue weighted by molar-refractivity contribution is 5.96. The van der Waals surface area contributed by atoms with Crippen LogP contribution in [0.25, 0.3) is 10.8 Å². The summed E-state index contributed by atoms with van der Waals surface area (Å²) in [6.07, 6.45) is 5.43. The zero-order valence-electron chi connectivity index (χ0n) is 16.3. The summed E-state index contributed by atoms with van der Waals surface area (Å²) in [6.45, 7) is -0.386. The van der Waals surface area contributed by atoms with Gasteiger partial charge >= 0.3 is 5.97 Å². The minimum Gasteiger partial charge on any atom is -0.480 e. The SMILES string of the molecule is O=C(O)CNC(=O)c1ccc2c(c1)[C@@H]1C=CC[C@@H]1[C@@H](c1cccc3ccccc13)N2. The molecule has 2 aliphatic rings. The van der Waals surface area contributed by atoms with Crippen molar-refractivity contribution in [2.45, 2.75) is 18.4 Å². The maximum absolute atomic E-state index is 12.3. The molecule has 0 fully saturated rings. The van der Waals surface area contributed by atoms with Gasteiger partial charge in [-0.3, -0.25) is 9.59 Å². The van der Waals surface area contributed by atoms with Gasteiger partial charge in [-0.05, 0) is 52.4 Å². The standard InChI is InChI=1S/C25H22N2O3/c28-23(29)14-26-25(30)16-11-12-22-21(13-16)18-8-4-10-20(18)24(27-22)19-9-3-6-15-5-1-2-7-17(15)19/h1-9,11-13,18,20,24,27H,10,14H2,(H,26,30)(H,28,29)/t18-,20+,24-/m1/s1. The fourth-order valence-electron chi connectivity index (χ4n) is 4.82. The monoisotopic (exact) mass is 398 g/mol. The van der Waals surface area contributed by atoms with Crippen LogP contribution in [0.5, 0.6) is 0 Å². The lowest BCUT2D eigenvalue weighted by Gasteiger charge is -2.38. The van der Waals surface area contributed by atoms with E-state index in [2.05, 4.69) is 65.3 Å². The fourth-order valence-corrected chi connectivity index (χ4v) is 4.82. The molecule has 0 spiro atoms. The maximum Gasteiger partial charge on any atom is 0.322 e. The van der Waals surface area contributed by atoms with E-state index >= 15 is 0 Å². The Morgan fingerprint density at radius 3 is 2.73 bits per heavy atom. The lowest BCUT2D eigenvalue weighted by molar-refractivity contribution is -0.135. The van der Waals surface area contributed by atoms with Crippen LogP contribution in [0.2, 0.25) is 0 Å². The van der Waals surface area contributed by atoms with E-state index in [1.165, 1.54) is 16.3 Å². The Kier molecular flexibility index (Phi) is 4.51. The summed E-state index contributed by atoms with van der Waals surface area (Å²) in [7, 11) is 0. The van der Waals surface area contributed by atoms with Crippen LogP contribution < -0.4 is 10.6 Å². The maximum atomic E-state index is 12.3. The van der Waals surface area contributed by atoms with Crippen molar-refractivity contribution in [1.82, 2.24) is 5.32 Å². The Hall–Kier alpha value is -3.60. The van der Waals surface area contributed by atoms with Gasteiger partial charge in [0, 0.05) is 17.2 Å². The van der Waals surface area contributed by atoms with Gasteiger partial charge in [-0.2, -0.15) is 0 Å². The molecule has 30 heavy (non-hydrogen) atoms. The molecule has 3 atom stereocenters. The van der Waals surface area contributed by atoms with Crippen LogP contribution in [-0.2, 0) is 4.79 Å². The summed E-state index contributed by atoms with van der Waals surface area (Å²) < 4.78 is 0. The molecule has 5 nitrogen and oxygen atoms in total. The molecule has 0 aromatic heterocycles. The highest BCUT2D eigenvalue weighted by atomic mass is 16.4. The highest BCUT2D eigenvalue weighted by Crippen LogP contribution is 2.50. The number of rotatable bonds is 4. The number of carbonyl (C=O) groups excluding carboxylic acids is 1. The largest absolute Gasteiger partial charge is 0.480 e. The Morgan fingerprint density at radius 2 is 1.87 bits per heavy atom. The fraction of sp³-hybridized carbons (Fsp3) is 0.200. The molecule has 1 aliphatic carbocycles. The van der Waals surface area contributed by atoms with Gasteiger partial charge in [-0.25, -0.2) is 0 Å². The number of aliphatic carboxylic acids is 1. The lowest BCUT2D eigenvalue weighted by atomic mass is 9.76. The first-order valence-electron chi connectivity index (χ1n) is 10.2. The number of anilines is 1. The Morgan fingerprint density at radius 1 is 1.03 bits per heavy atom. The van der Waals surface area contributed by atoms with Crippen molar-refractivity contribution < 1.29 is 14.7 Å². The molecule has 0 radical (unpaired) electrons. The number of carboxylic acids is 1. The molecule has 5 heteroatoms. The topological polar surface area (TPSA) is 78.4 Å². The van der Waals surface area contributed by atoms with E-state index in [9.17, 15) is 9.59 Å². The molecule has 3 N–H and O–H groups in total. The molecule has 1 amide bonds. The first kappa shape index (κ1) is 18.4. The van der Waals surface area contributed by atoms with Crippen LogP contribution in [-0.4, -0.2) is 23.5 Å². The number of fused-ring (bicyclic) bond motifs is 4. The molecule has 1 aliphatic heterocycles. The predicted molar refractivity (Wildman–Crippen MR) is 117 cm³/mol. The van der Waals surface area contributed by atoms with Crippen LogP contribution in [0.15, 0.2) is 72.8 Å². The third-order valence-corrected chi connectivity index (χ3v) is 6.18. The van der Waals surface area contributed by atoms with Crippen LogP contribution in [0.4, 0.5) is 5.69 Å². The zero-order valence-corrected chi connectivity index (χ0v) is 16.3. The number of nitrogens with one attached hydrogen (secondary N) is 2. The normalized spacial score (nSPS) is 21.5. The minimum atomic E-state index is -1.06. The lowest BCUT2D eigenvalue weighted by Crippen LogP contribution is -2.31. The van der Waals surface area contributed by atoms with Crippen LogP contribution in [0.3, 0.4) is 0 Å². The number of carboxylic acid groups (broad SMARTS) is 1. The number of hydrogen-bond acceptors (Lipinski definition) is 3. The Bertz CT molecular complexity index is 1180. The molecule has 0 saturated heterocycles. The predicted octanol–water partition coefficient (Wildman–Crippen LogP) is 4.48. The molecular weight excluding hydrogens is 376 g/mol. The zero-order chi connectivity index (χ0) is 20.7. The Labute approximate surface area is 174 Å². The molecule has 3 aromatic carbocycles. The van der Waals surface area contributed by atoms with Crippen molar-refractivity contribution in [3.8, 4) is 0 Å². The van der Waals surface area contributed by atoms with Gasteiger partial charge in [0.2, 0.25) is 0 Å². The first-order valence-corrected chi connectivity index (χ1v) is 10.2. The van der Waals surface area contributed by atoms with E-state index < -0.39 is 5.97 Å². The molecule has 3 aromatic rings. The van der Waals surface area contributed by atoms with Crippen molar-refractivity contribution in [2.75, 3.05) is 11.9 Å². The van der Waals surface area contributed by atoms with Gasteiger partial charge in [-0.1, -0.05) is 54.6 Å². The number of benzene rings is 3. The van der Waals surface area contributed by atoms with Crippen molar-refractivity contribution in [1.29, 1.82) is 0 Å². The van der Waals surface area contributed by atoms with Crippen LogP contribution in [0.1, 0.15) is 39.9 Å². The van der Waals surface area contributed by atoms with E-state index in [0.717, 1.165) is 17.7 Å². The van der Waals surface area contributed by atoms with Gasteiger partial charge in [0.05, 0.1) is 6.04 Å². The van der Waals surface area contributed by atoms with Crippen molar-refractivity contribution in [2.24, 2.45) is 5.92 Å². The molecule has 0 bridgehead atoms. The summed E-state index contributed by atoms with van der Waals surface area (Å²) >= 11 is 0. The second kappa shape index (κ2) is 7.34. The third-order valence-electron chi connectivity index (χ3n) is 6.18. The summed E-state index contributed by atoms with van der Waals surface area (Å²) in [5.74, 6) is -0.840. The van der Waals surface area contributed by atoms with E-state index in [-0.39, 0.29) is 24.4 Å². The number of hydrogen-bond donors (Lipinski definition) is 3. The van der Waals surface area contributed by atoms with E-state index in [0.29, 0.717) is 11.5 Å². The van der Waals surface area contributed by atoms with Gasteiger partial charge in [0.1, 0.15) is 6.54 Å².